The maximum absolute atomic E-state index is 14.2. The second kappa shape index (κ2) is 13.3. The van der Waals surface area contributed by atoms with Gasteiger partial charge in [0.2, 0.25) is 0 Å². The summed E-state index contributed by atoms with van der Waals surface area (Å²) in [4.78, 5) is 35.1. The molecule has 0 spiro atoms. The molecule has 0 N–H and O–H groups in total. The van der Waals surface area contributed by atoms with E-state index in [4.69, 9.17) is 19.2 Å². The highest BCUT2D eigenvalue weighted by atomic mass is 32.1. The highest BCUT2D eigenvalue weighted by molar-refractivity contribution is 7.07. The molecule has 5 rings (SSSR count). The Morgan fingerprint density at radius 2 is 1.75 bits per heavy atom. The number of nitrogens with zero attached hydrogens (tertiary/aromatic N) is 3. The van der Waals surface area contributed by atoms with Crippen LogP contribution in [0.1, 0.15) is 43.5 Å². The van der Waals surface area contributed by atoms with Crippen LogP contribution in [0.3, 0.4) is 0 Å². The molecule has 10 heteroatoms. The monoisotopic (exact) mass is 615 g/mol. The number of methoxy groups -OCH3 is 2. The number of benzene rings is 3. The molecule has 228 valence electrons. The van der Waals surface area contributed by atoms with Crippen molar-refractivity contribution < 1.29 is 23.4 Å². The third-order valence-corrected chi connectivity index (χ3v) is 8.56. The smallest absolute Gasteiger partial charge is 0.271 e. The normalized spacial score (nSPS) is 14.6. The second-order valence-corrected chi connectivity index (χ2v) is 11.1. The largest absolute Gasteiger partial charge is 0.497 e. The van der Waals surface area contributed by atoms with Gasteiger partial charge in [-0.05, 0) is 57.2 Å². The molecule has 0 unspecified atom stereocenters. The van der Waals surface area contributed by atoms with Crippen molar-refractivity contribution in [3.05, 3.63) is 120 Å². The summed E-state index contributed by atoms with van der Waals surface area (Å²) in [7, 11) is 3.11. The van der Waals surface area contributed by atoms with Crippen molar-refractivity contribution in [3.63, 3.8) is 0 Å². The van der Waals surface area contributed by atoms with E-state index in [2.05, 4.69) is 0 Å². The van der Waals surface area contributed by atoms with E-state index in [0.29, 0.717) is 67.6 Å². The first-order chi connectivity index (χ1) is 21.3. The number of aromatic nitrogens is 1. The zero-order chi connectivity index (χ0) is 31.4. The minimum absolute atomic E-state index is 0.0322. The van der Waals surface area contributed by atoms with E-state index in [0.717, 1.165) is 0 Å². The lowest BCUT2D eigenvalue weighted by Crippen LogP contribution is -2.43. The lowest BCUT2D eigenvalue weighted by Gasteiger charge is -2.30. The Labute approximate surface area is 259 Å². The van der Waals surface area contributed by atoms with Crippen LogP contribution in [0, 0.1) is 5.82 Å². The molecule has 0 saturated heterocycles. The number of thiazole rings is 1. The van der Waals surface area contributed by atoms with E-state index in [1.165, 1.54) is 17.4 Å². The Morgan fingerprint density at radius 1 is 1.02 bits per heavy atom. The number of allylic oxidation sites excluding steroid dienone is 1. The maximum atomic E-state index is 14.2. The van der Waals surface area contributed by atoms with Crippen molar-refractivity contribution in [2.45, 2.75) is 33.4 Å². The average Bonchev–Trinajstić information content (AvgIpc) is 3.34. The van der Waals surface area contributed by atoms with Gasteiger partial charge in [-0.15, -0.1) is 0 Å². The molecular weight excluding hydrogens is 581 g/mol. The van der Waals surface area contributed by atoms with Crippen LogP contribution in [0.25, 0.3) is 6.08 Å². The molecule has 1 aliphatic heterocycles. The van der Waals surface area contributed by atoms with E-state index in [1.807, 2.05) is 32.0 Å². The molecule has 1 atom stereocenters. The van der Waals surface area contributed by atoms with Crippen LogP contribution >= 0.6 is 11.3 Å². The van der Waals surface area contributed by atoms with Crippen molar-refractivity contribution >= 4 is 23.3 Å². The molecule has 8 nitrogen and oxygen atoms in total. The highest BCUT2D eigenvalue weighted by Gasteiger charge is 2.36. The summed E-state index contributed by atoms with van der Waals surface area (Å²) in [5.74, 6) is 1.02. The van der Waals surface area contributed by atoms with Gasteiger partial charge in [0.25, 0.3) is 11.5 Å². The molecule has 0 bridgehead atoms. The van der Waals surface area contributed by atoms with Crippen LogP contribution < -0.4 is 29.1 Å². The van der Waals surface area contributed by atoms with Gasteiger partial charge in [0.15, 0.2) is 4.80 Å². The molecule has 1 amide bonds. The summed E-state index contributed by atoms with van der Waals surface area (Å²) in [6.45, 7) is 6.66. The zero-order valence-electron chi connectivity index (χ0n) is 25.3. The van der Waals surface area contributed by atoms with Gasteiger partial charge in [0, 0.05) is 29.8 Å². The minimum atomic E-state index is -0.806. The van der Waals surface area contributed by atoms with Crippen LogP contribution in [0.4, 0.5) is 4.39 Å². The summed E-state index contributed by atoms with van der Waals surface area (Å²) in [5, 5.41) is 0. The molecule has 44 heavy (non-hydrogen) atoms. The number of rotatable bonds is 10. The number of likely N-dealkylation sites (N-methyl/N-ethyl adjacent to an activating group) is 1. The van der Waals surface area contributed by atoms with Gasteiger partial charge in [-0.2, -0.15) is 0 Å². The first-order valence-electron chi connectivity index (χ1n) is 14.3. The molecule has 0 saturated carbocycles. The van der Waals surface area contributed by atoms with Crippen LogP contribution in [-0.2, 0) is 11.4 Å². The third kappa shape index (κ3) is 5.90. The van der Waals surface area contributed by atoms with Crippen molar-refractivity contribution in [1.29, 1.82) is 0 Å². The third-order valence-electron chi connectivity index (χ3n) is 7.58. The first kappa shape index (κ1) is 30.7. The Hall–Kier alpha value is -4.70. The SMILES string of the molecule is CCN(CC)C(=O)C1=C(C)N=c2s/c(=C/c3ccccc3OCc3ccccc3F)c(=O)n2[C@@H]1c1cc(OC)ccc1OC. The fourth-order valence-corrected chi connectivity index (χ4v) is 6.30. The summed E-state index contributed by atoms with van der Waals surface area (Å²) >= 11 is 1.22. The van der Waals surface area contributed by atoms with Gasteiger partial charge in [0.1, 0.15) is 35.7 Å². The second-order valence-electron chi connectivity index (χ2n) is 10.1. The topological polar surface area (TPSA) is 82.4 Å². The van der Waals surface area contributed by atoms with Gasteiger partial charge < -0.3 is 19.1 Å². The van der Waals surface area contributed by atoms with Crippen LogP contribution in [0.15, 0.2) is 87.8 Å². The number of ether oxygens (including phenoxy) is 3. The molecule has 0 radical (unpaired) electrons. The lowest BCUT2D eigenvalue weighted by molar-refractivity contribution is -0.127. The zero-order valence-corrected chi connectivity index (χ0v) is 26.1. The van der Waals surface area contributed by atoms with Crippen molar-refractivity contribution in [1.82, 2.24) is 9.47 Å². The van der Waals surface area contributed by atoms with Gasteiger partial charge in [-0.3, -0.25) is 14.2 Å². The molecule has 3 aromatic carbocycles. The molecule has 1 aromatic heterocycles. The summed E-state index contributed by atoms with van der Waals surface area (Å²) in [6, 6.07) is 18.2. The number of halogens is 1. The number of hydrogen-bond donors (Lipinski definition) is 0. The number of amides is 1. The standard InChI is InChI=1S/C34H34FN3O5S/c1-6-37(7-2)33(40)30-21(3)36-34-38(31(30)25-19-24(41-4)16-17-28(25)42-5)32(39)29(44-34)18-22-12-9-11-15-27(22)43-20-23-13-8-10-14-26(23)35/h8-19,31H,6-7,20H2,1-5H3/b29-18+/t31-/m1/s1. The fourth-order valence-electron chi connectivity index (χ4n) is 5.27. The number of fused-ring (bicyclic) bond motifs is 1. The molecule has 4 aromatic rings. The first-order valence-corrected chi connectivity index (χ1v) is 15.1. The van der Waals surface area contributed by atoms with E-state index in [1.54, 1.807) is 79.2 Å². The Morgan fingerprint density at radius 3 is 2.45 bits per heavy atom. The molecule has 0 fully saturated rings. The van der Waals surface area contributed by atoms with Gasteiger partial charge >= 0.3 is 0 Å². The van der Waals surface area contributed by atoms with Crippen molar-refractivity contribution in [3.8, 4) is 17.2 Å². The van der Waals surface area contributed by atoms with E-state index in [-0.39, 0.29) is 23.9 Å². The number of hydrogen-bond acceptors (Lipinski definition) is 7. The molecular formula is C34H34FN3O5S. The van der Waals surface area contributed by atoms with Gasteiger partial charge in [-0.25, -0.2) is 9.38 Å². The van der Waals surface area contributed by atoms with Gasteiger partial charge in [-0.1, -0.05) is 47.7 Å². The Bertz CT molecular complexity index is 1910. The van der Waals surface area contributed by atoms with Crippen LogP contribution in [-0.4, -0.2) is 42.7 Å². The predicted molar refractivity (Wildman–Crippen MR) is 168 cm³/mol. The minimum Gasteiger partial charge on any atom is -0.497 e. The average molecular weight is 616 g/mol. The summed E-state index contributed by atoms with van der Waals surface area (Å²) in [5.41, 5.74) is 2.29. The van der Waals surface area contributed by atoms with Crippen LogP contribution in [0.2, 0.25) is 0 Å². The quantitative estimate of drug-likeness (QED) is 0.255. The Kier molecular flexibility index (Phi) is 9.29. The van der Waals surface area contributed by atoms with Crippen LogP contribution in [0.5, 0.6) is 17.2 Å². The van der Waals surface area contributed by atoms with Gasteiger partial charge in [0.05, 0.1) is 30.0 Å². The molecule has 0 aliphatic carbocycles. The van der Waals surface area contributed by atoms with E-state index < -0.39 is 6.04 Å². The molecule has 1 aliphatic rings. The predicted octanol–water partition coefficient (Wildman–Crippen LogP) is 4.84. The lowest BCUT2D eigenvalue weighted by atomic mass is 9.93. The number of para-hydroxylation sites is 1. The highest BCUT2D eigenvalue weighted by Crippen LogP contribution is 2.38. The van der Waals surface area contributed by atoms with Crippen molar-refractivity contribution in [2.24, 2.45) is 4.99 Å². The number of carbonyl (C=O) groups is 1. The van der Waals surface area contributed by atoms with E-state index in [9.17, 15) is 14.0 Å². The summed E-state index contributed by atoms with van der Waals surface area (Å²) < 4.78 is 33.4. The number of carbonyl (C=O) groups excluding carboxylic acids is 1. The molecule has 2 heterocycles. The fraction of sp³-hybridized carbons (Fsp3) is 0.265. The summed E-state index contributed by atoms with van der Waals surface area (Å²) in [6.07, 6.45) is 1.74. The Balaban J connectivity index is 1.67. The van der Waals surface area contributed by atoms with Crippen molar-refractivity contribution in [2.75, 3.05) is 27.3 Å². The maximum Gasteiger partial charge on any atom is 0.271 e. The van der Waals surface area contributed by atoms with E-state index >= 15 is 0 Å².